The van der Waals surface area contributed by atoms with E-state index in [-0.39, 0.29) is 0 Å². The second-order valence-corrected chi connectivity index (χ2v) is 7.65. The first-order valence-electron chi connectivity index (χ1n) is 8.79. The fourth-order valence-corrected chi connectivity index (χ4v) is 3.85. The molecule has 0 spiro atoms. The van der Waals surface area contributed by atoms with Gasteiger partial charge in [0.1, 0.15) is 5.82 Å². The number of nitrogens with one attached hydrogen (secondary N) is 1. The number of aromatic amines is 1. The van der Waals surface area contributed by atoms with Crippen LogP contribution in [0.3, 0.4) is 0 Å². The van der Waals surface area contributed by atoms with Crippen LogP contribution in [0.25, 0.3) is 11.2 Å². The lowest BCUT2D eigenvalue weighted by Crippen LogP contribution is -2.29. The molecule has 9 heteroatoms. The van der Waals surface area contributed by atoms with E-state index in [9.17, 15) is 9.59 Å². The minimum Gasteiger partial charge on any atom is -0.317 e. The molecule has 3 aromatic rings. The third-order valence-electron chi connectivity index (χ3n) is 4.97. The molecule has 0 radical (unpaired) electrons. The summed E-state index contributed by atoms with van der Waals surface area (Å²) < 4.78 is 3.24. The van der Waals surface area contributed by atoms with E-state index >= 15 is 0 Å². The Bertz CT molecular complexity index is 1130. The van der Waals surface area contributed by atoms with Crippen molar-refractivity contribution in [1.29, 1.82) is 0 Å². The number of nitrogens with zero attached hydrogens (tertiary/aromatic N) is 4. The molecule has 1 aliphatic rings. The van der Waals surface area contributed by atoms with Crippen molar-refractivity contribution < 1.29 is 0 Å². The van der Waals surface area contributed by atoms with Crippen LogP contribution in [-0.2, 0) is 20.1 Å². The van der Waals surface area contributed by atoms with Crippen LogP contribution in [0.5, 0.6) is 0 Å². The first-order valence-corrected chi connectivity index (χ1v) is 9.54. The molecule has 1 saturated heterocycles. The van der Waals surface area contributed by atoms with Gasteiger partial charge in [0.05, 0.1) is 16.6 Å². The molecule has 1 fully saturated rings. The molecule has 7 nitrogen and oxygen atoms in total. The number of hydrogen-bond acceptors (Lipinski definition) is 4. The Labute approximate surface area is 165 Å². The molecule has 2 aromatic heterocycles. The fourth-order valence-electron chi connectivity index (χ4n) is 3.53. The van der Waals surface area contributed by atoms with Crippen molar-refractivity contribution in [3.63, 3.8) is 0 Å². The van der Waals surface area contributed by atoms with Gasteiger partial charge in [-0.25, -0.2) is 9.78 Å². The second kappa shape index (κ2) is 7.14. The molecule has 1 N–H and O–H groups in total. The summed E-state index contributed by atoms with van der Waals surface area (Å²) in [6.45, 7) is 3.05. The number of likely N-dealkylation sites (tertiary alicyclic amines) is 1. The lowest BCUT2D eigenvalue weighted by molar-refractivity contribution is 0.318. The second-order valence-electron chi connectivity index (χ2n) is 6.84. The van der Waals surface area contributed by atoms with Crippen molar-refractivity contribution in [3.8, 4) is 0 Å². The van der Waals surface area contributed by atoms with Crippen LogP contribution in [-0.4, -0.2) is 37.1 Å². The van der Waals surface area contributed by atoms with Gasteiger partial charge >= 0.3 is 5.69 Å². The standard InChI is InChI=1S/C18H19Cl2N5O2/c1-23-16-15(17(26)22-18(23)27)25(9-11-4-5-12(19)13(20)8-11)14(21-16)10-24-6-2-3-7-24/h4-5,8H,2-3,6-7,9-10H2,1H3,(H,22,26,27). The van der Waals surface area contributed by atoms with Gasteiger partial charge in [-0.05, 0) is 43.6 Å². The van der Waals surface area contributed by atoms with Gasteiger partial charge in [-0.3, -0.25) is 19.2 Å². The van der Waals surface area contributed by atoms with E-state index in [0.717, 1.165) is 37.3 Å². The topological polar surface area (TPSA) is 75.9 Å². The molecule has 1 aliphatic heterocycles. The fraction of sp³-hybridized carbons (Fsp3) is 0.389. The van der Waals surface area contributed by atoms with Gasteiger partial charge < -0.3 is 4.57 Å². The van der Waals surface area contributed by atoms with E-state index in [1.54, 1.807) is 19.2 Å². The number of rotatable bonds is 4. The van der Waals surface area contributed by atoms with Crippen molar-refractivity contribution in [2.45, 2.75) is 25.9 Å². The zero-order valence-corrected chi connectivity index (χ0v) is 16.3. The predicted molar refractivity (Wildman–Crippen MR) is 106 cm³/mol. The summed E-state index contributed by atoms with van der Waals surface area (Å²) in [7, 11) is 1.61. The molecule has 4 rings (SSSR count). The molecular weight excluding hydrogens is 389 g/mol. The smallest absolute Gasteiger partial charge is 0.317 e. The van der Waals surface area contributed by atoms with Crippen molar-refractivity contribution in [3.05, 3.63) is 60.5 Å². The average Bonchev–Trinajstić information content (AvgIpc) is 3.25. The van der Waals surface area contributed by atoms with Gasteiger partial charge in [-0.1, -0.05) is 29.3 Å². The number of aromatic nitrogens is 4. The Balaban J connectivity index is 1.86. The third-order valence-corrected chi connectivity index (χ3v) is 5.71. The van der Waals surface area contributed by atoms with Crippen LogP contribution in [0.4, 0.5) is 0 Å². The Hall–Kier alpha value is -2.09. The Morgan fingerprint density at radius 3 is 2.56 bits per heavy atom. The van der Waals surface area contributed by atoms with Gasteiger partial charge in [0.25, 0.3) is 5.56 Å². The van der Waals surface area contributed by atoms with E-state index < -0.39 is 11.2 Å². The normalized spacial score (nSPS) is 15.1. The minimum absolute atomic E-state index is 0.386. The highest BCUT2D eigenvalue weighted by atomic mass is 35.5. The zero-order valence-electron chi connectivity index (χ0n) is 14.8. The van der Waals surface area contributed by atoms with Crippen LogP contribution in [0.15, 0.2) is 27.8 Å². The molecule has 142 valence electrons. The van der Waals surface area contributed by atoms with Gasteiger partial charge in [0.15, 0.2) is 11.2 Å². The number of benzene rings is 1. The van der Waals surface area contributed by atoms with Crippen molar-refractivity contribution in [1.82, 2.24) is 24.0 Å². The predicted octanol–water partition coefficient (Wildman–Crippen LogP) is 2.37. The van der Waals surface area contributed by atoms with Crippen molar-refractivity contribution in [2.24, 2.45) is 7.05 Å². The van der Waals surface area contributed by atoms with E-state index in [2.05, 4.69) is 14.9 Å². The minimum atomic E-state index is -0.473. The van der Waals surface area contributed by atoms with Gasteiger partial charge in [0, 0.05) is 13.6 Å². The number of halogens is 2. The molecule has 0 aliphatic carbocycles. The van der Waals surface area contributed by atoms with E-state index in [0.29, 0.717) is 34.3 Å². The number of H-pyrrole nitrogens is 1. The largest absolute Gasteiger partial charge is 0.329 e. The highest BCUT2D eigenvalue weighted by Crippen LogP contribution is 2.24. The van der Waals surface area contributed by atoms with E-state index in [4.69, 9.17) is 23.2 Å². The maximum absolute atomic E-state index is 12.5. The number of fused-ring (bicyclic) bond motifs is 1. The summed E-state index contributed by atoms with van der Waals surface area (Å²) >= 11 is 12.2. The maximum atomic E-state index is 12.5. The SMILES string of the molecule is Cn1c(=O)[nH]c(=O)c2c1nc(CN1CCCC1)n2Cc1ccc(Cl)c(Cl)c1. The summed E-state index contributed by atoms with van der Waals surface area (Å²) in [5, 5.41) is 0.939. The first kappa shape index (κ1) is 18.3. The molecule has 0 bridgehead atoms. The van der Waals surface area contributed by atoms with Gasteiger partial charge in [-0.2, -0.15) is 0 Å². The lowest BCUT2D eigenvalue weighted by atomic mass is 10.2. The highest BCUT2D eigenvalue weighted by molar-refractivity contribution is 6.42. The van der Waals surface area contributed by atoms with E-state index in [1.165, 1.54) is 4.57 Å². The summed E-state index contributed by atoms with van der Waals surface area (Å²) in [6, 6.07) is 5.39. The van der Waals surface area contributed by atoms with Crippen LogP contribution >= 0.6 is 23.2 Å². The molecule has 3 heterocycles. The van der Waals surface area contributed by atoms with Crippen molar-refractivity contribution >= 4 is 34.4 Å². The average molecular weight is 408 g/mol. The summed E-state index contributed by atoms with van der Waals surface area (Å²) in [4.78, 5) is 33.8. The van der Waals surface area contributed by atoms with E-state index in [1.807, 2.05) is 10.6 Å². The highest BCUT2D eigenvalue weighted by Gasteiger charge is 2.21. The molecule has 0 amide bonds. The van der Waals surface area contributed by atoms with Crippen molar-refractivity contribution in [2.75, 3.05) is 13.1 Å². The monoisotopic (exact) mass is 407 g/mol. The van der Waals surface area contributed by atoms with Crippen LogP contribution in [0, 0.1) is 0 Å². The summed E-state index contributed by atoms with van der Waals surface area (Å²) in [5.41, 5.74) is 0.766. The van der Waals surface area contributed by atoms with Crippen LogP contribution < -0.4 is 11.2 Å². The van der Waals surface area contributed by atoms with Crippen LogP contribution in [0.2, 0.25) is 10.0 Å². The Kier molecular flexibility index (Phi) is 4.84. The molecule has 27 heavy (non-hydrogen) atoms. The molecular formula is C18H19Cl2N5O2. The quantitative estimate of drug-likeness (QED) is 0.719. The third kappa shape index (κ3) is 3.42. The molecule has 0 atom stereocenters. The van der Waals surface area contributed by atoms with Gasteiger partial charge in [-0.15, -0.1) is 0 Å². The first-order chi connectivity index (χ1) is 12.9. The zero-order chi connectivity index (χ0) is 19.1. The lowest BCUT2D eigenvalue weighted by Gasteiger charge is -2.16. The summed E-state index contributed by atoms with van der Waals surface area (Å²) in [5.74, 6) is 0.754. The number of hydrogen-bond donors (Lipinski definition) is 1. The summed E-state index contributed by atoms with van der Waals surface area (Å²) in [6.07, 6.45) is 2.32. The molecule has 1 aromatic carbocycles. The van der Waals surface area contributed by atoms with Gasteiger partial charge in [0.2, 0.25) is 0 Å². The van der Waals surface area contributed by atoms with Crippen LogP contribution in [0.1, 0.15) is 24.2 Å². The number of aryl methyl sites for hydroxylation is 1. The number of imidazole rings is 1. The Morgan fingerprint density at radius 2 is 1.85 bits per heavy atom. The molecule has 0 saturated carbocycles. The maximum Gasteiger partial charge on any atom is 0.329 e. The Morgan fingerprint density at radius 1 is 1.11 bits per heavy atom. The molecule has 0 unspecified atom stereocenters.